The number of benzene rings is 1. The Balaban J connectivity index is 2.07. The van der Waals surface area contributed by atoms with Crippen LogP contribution < -0.4 is 5.73 Å². The molecule has 0 heterocycles. The summed E-state index contributed by atoms with van der Waals surface area (Å²) in [5, 5.41) is 0. The molecule has 1 unspecified atom stereocenters. The third-order valence-corrected chi connectivity index (χ3v) is 4.57. The molecule has 0 radical (unpaired) electrons. The number of rotatable bonds is 4. The molecule has 18 heavy (non-hydrogen) atoms. The fourth-order valence-electron chi connectivity index (χ4n) is 3.13. The Labute approximate surface area is 112 Å². The van der Waals surface area contributed by atoms with Gasteiger partial charge in [-0.3, -0.25) is 0 Å². The fourth-order valence-corrected chi connectivity index (χ4v) is 3.13. The minimum Gasteiger partial charge on any atom is -0.330 e. The Kier molecular flexibility index (Phi) is 4.82. The minimum absolute atomic E-state index is 0.595. The average Bonchev–Trinajstić information content (AvgIpc) is 2.40. The van der Waals surface area contributed by atoms with E-state index in [0.717, 1.165) is 24.8 Å². The lowest BCUT2D eigenvalue weighted by Gasteiger charge is -2.27. The van der Waals surface area contributed by atoms with Crippen LogP contribution in [-0.2, 0) is 0 Å². The Morgan fingerprint density at radius 1 is 1.22 bits per heavy atom. The van der Waals surface area contributed by atoms with Crippen LogP contribution in [0.5, 0.6) is 0 Å². The van der Waals surface area contributed by atoms with E-state index in [9.17, 15) is 0 Å². The molecular formula is C17H27N. The Morgan fingerprint density at radius 2 is 1.94 bits per heavy atom. The Morgan fingerprint density at radius 3 is 2.61 bits per heavy atom. The van der Waals surface area contributed by atoms with Crippen LogP contribution in [0.2, 0.25) is 0 Å². The van der Waals surface area contributed by atoms with E-state index in [0.29, 0.717) is 5.92 Å². The second kappa shape index (κ2) is 6.38. The highest BCUT2D eigenvalue weighted by molar-refractivity contribution is 5.29. The quantitative estimate of drug-likeness (QED) is 0.834. The summed E-state index contributed by atoms with van der Waals surface area (Å²) in [6, 6.07) is 9.24. The van der Waals surface area contributed by atoms with Crippen LogP contribution in [0.4, 0.5) is 0 Å². The molecule has 0 amide bonds. The van der Waals surface area contributed by atoms with Gasteiger partial charge in [0.15, 0.2) is 0 Å². The van der Waals surface area contributed by atoms with E-state index in [1.807, 2.05) is 0 Å². The summed E-state index contributed by atoms with van der Waals surface area (Å²) in [6.07, 6.45) is 6.62. The van der Waals surface area contributed by atoms with Gasteiger partial charge in [-0.05, 0) is 54.7 Å². The molecule has 1 aromatic rings. The van der Waals surface area contributed by atoms with Gasteiger partial charge in [0, 0.05) is 0 Å². The lowest BCUT2D eigenvalue weighted by molar-refractivity contribution is 0.348. The van der Waals surface area contributed by atoms with Gasteiger partial charge in [0.1, 0.15) is 0 Å². The van der Waals surface area contributed by atoms with Crippen molar-refractivity contribution in [2.24, 2.45) is 11.7 Å². The van der Waals surface area contributed by atoms with Crippen LogP contribution in [-0.4, -0.2) is 6.54 Å². The van der Waals surface area contributed by atoms with Crippen LogP contribution >= 0.6 is 0 Å². The zero-order chi connectivity index (χ0) is 13.0. The molecule has 0 aliphatic heterocycles. The molecule has 1 aromatic carbocycles. The van der Waals surface area contributed by atoms with Gasteiger partial charge in [-0.1, -0.05) is 51.0 Å². The third kappa shape index (κ3) is 3.35. The maximum Gasteiger partial charge on any atom is -0.00715 e. The molecule has 2 rings (SSSR count). The lowest BCUT2D eigenvalue weighted by atomic mass is 9.79. The highest BCUT2D eigenvalue weighted by atomic mass is 14.5. The molecule has 1 saturated carbocycles. The van der Waals surface area contributed by atoms with Crippen LogP contribution in [0.25, 0.3) is 0 Å². The van der Waals surface area contributed by atoms with Crippen molar-refractivity contribution < 1.29 is 0 Å². The van der Waals surface area contributed by atoms with Crippen molar-refractivity contribution in [2.75, 3.05) is 6.54 Å². The van der Waals surface area contributed by atoms with E-state index in [1.165, 1.54) is 31.2 Å². The van der Waals surface area contributed by atoms with E-state index in [4.69, 9.17) is 5.73 Å². The summed E-state index contributed by atoms with van der Waals surface area (Å²) in [5.41, 5.74) is 8.69. The van der Waals surface area contributed by atoms with Gasteiger partial charge < -0.3 is 5.73 Å². The lowest BCUT2D eigenvalue weighted by Crippen LogP contribution is -2.11. The first-order valence-corrected chi connectivity index (χ1v) is 7.50. The summed E-state index contributed by atoms with van der Waals surface area (Å²) < 4.78 is 0. The predicted octanol–water partition coefficient (Wildman–Crippen LogP) is 4.43. The molecule has 1 nitrogen and oxygen atoms in total. The molecule has 1 atom stereocenters. The summed E-state index contributed by atoms with van der Waals surface area (Å²) >= 11 is 0. The van der Waals surface area contributed by atoms with Gasteiger partial charge >= 0.3 is 0 Å². The molecule has 1 fully saturated rings. The van der Waals surface area contributed by atoms with E-state index in [-0.39, 0.29) is 0 Å². The standard InChI is InChI=1S/C17H27N/c1-13-6-8-15(9-7-13)17-5-3-4-16(12-17)14(2)10-11-18/h3-5,12-15H,6-11,18H2,1-2H3. The van der Waals surface area contributed by atoms with Gasteiger partial charge in [-0.15, -0.1) is 0 Å². The highest BCUT2D eigenvalue weighted by Crippen LogP contribution is 2.36. The molecule has 2 N–H and O–H groups in total. The first-order valence-electron chi connectivity index (χ1n) is 7.50. The highest BCUT2D eigenvalue weighted by Gasteiger charge is 2.20. The second-order valence-electron chi connectivity index (χ2n) is 6.11. The number of hydrogen-bond acceptors (Lipinski definition) is 1. The number of hydrogen-bond donors (Lipinski definition) is 1. The van der Waals surface area contributed by atoms with Gasteiger partial charge in [-0.2, -0.15) is 0 Å². The first kappa shape index (κ1) is 13.6. The summed E-state index contributed by atoms with van der Waals surface area (Å²) in [5.74, 6) is 2.32. The van der Waals surface area contributed by atoms with Gasteiger partial charge in [-0.25, -0.2) is 0 Å². The summed E-state index contributed by atoms with van der Waals surface area (Å²) in [4.78, 5) is 0. The van der Waals surface area contributed by atoms with Crippen molar-refractivity contribution in [3.8, 4) is 0 Å². The van der Waals surface area contributed by atoms with Crippen molar-refractivity contribution in [1.82, 2.24) is 0 Å². The van der Waals surface area contributed by atoms with Crippen molar-refractivity contribution >= 4 is 0 Å². The third-order valence-electron chi connectivity index (χ3n) is 4.57. The SMILES string of the molecule is CC1CCC(c2cccc(C(C)CCN)c2)CC1. The van der Waals surface area contributed by atoms with Crippen molar-refractivity contribution in [1.29, 1.82) is 0 Å². The van der Waals surface area contributed by atoms with Crippen LogP contribution in [0, 0.1) is 5.92 Å². The van der Waals surface area contributed by atoms with Crippen LogP contribution in [0.1, 0.15) is 68.9 Å². The Hall–Kier alpha value is -0.820. The summed E-state index contributed by atoms with van der Waals surface area (Å²) in [7, 11) is 0. The van der Waals surface area contributed by atoms with Gasteiger partial charge in [0.2, 0.25) is 0 Å². The van der Waals surface area contributed by atoms with Gasteiger partial charge in [0.05, 0.1) is 0 Å². The molecular weight excluding hydrogens is 218 g/mol. The first-order chi connectivity index (χ1) is 8.70. The fraction of sp³-hybridized carbons (Fsp3) is 0.647. The zero-order valence-electron chi connectivity index (χ0n) is 11.9. The largest absolute Gasteiger partial charge is 0.330 e. The minimum atomic E-state index is 0.595. The predicted molar refractivity (Wildman–Crippen MR) is 78.9 cm³/mol. The number of nitrogens with two attached hydrogens (primary N) is 1. The second-order valence-corrected chi connectivity index (χ2v) is 6.11. The maximum absolute atomic E-state index is 5.66. The van der Waals surface area contributed by atoms with Crippen molar-refractivity contribution in [3.05, 3.63) is 35.4 Å². The Bertz CT molecular complexity index is 364. The smallest absolute Gasteiger partial charge is 0.00715 e. The molecule has 1 aliphatic carbocycles. The average molecular weight is 245 g/mol. The van der Waals surface area contributed by atoms with E-state index in [1.54, 1.807) is 5.56 Å². The van der Waals surface area contributed by atoms with E-state index in [2.05, 4.69) is 38.1 Å². The molecule has 0 aromatic heterocycles. The maximum atomic E-state index is 5.66. The van der Waals surface area contributed by atoms with Crippen molar-refractivity contribution in [3.63, 3.8) is 0 Å². The normalized spacial score (nSPS) is 25.9. The molecule has 0 saturated heterocycles. The monoisotopic (exact) mass is 245 g/mol. The van der Waals surface area contributed by atoms with Gasteiger partial charge in [0.25, 0.3) is 0 Å². The van der Waals surface area contributed by atoms with Crippen molar-refractivity contribution in [2.45, 2.75) is 57.8 Å². The molecule has 1 heteroatoms. The molecule has 0 spiro atoms. The van der Waals surface area contributed by atoms with Crippen LogP contribution in [0.15, 0.2) is 24.3 Å². The molecule has 100 valence electrons. The topological polar surface area (TPSA) is 26.0 Å². The summed E-state index contributed by atoms with van der Waals surface area (Å²) in [6.45, 7) is 5.46. The molecule has 0 bridgehead atoms. The van der Waals surface area contributed by atoms with E-state index >= 15 is 0 Å². The van der Waals surface area contributed by atoms with E-state index < -0.39 is 0 Å². The zero-order valence-corrected chi connectivity index (χ0v) is 11.9. The van der Waals surface area contributed by atoms with Crippen LogP contribution in [0.3, 0.4) is 0 Å². The molecule has 1 aliphatic rings.